The van der Waals surface area contributed by atoms with Crippen LogP contribution in [-0.2, 0) is 23.7 Å². The predicted molar refractivity (Wildman–Crippen MR) is 209 cm³/mol. The zero-order chi connectivity index (χ0) is 43.6. The number of phenolic OH excluding ortho intramolecular Hbond substituents is 1. The molecule has 2 unspecified atom stereocenters. The van der Waals surface area contributed by atoms with Crippen LogP contribution < -0.4 is 4.74 Å². The third kappa shape index (κ3) is 9.93. The standard InChI is InChI=1S/C23H23F4NO2.C22H21F4NO2/c1-21(2,18-9-8-16(24)12-20(18)30-3)14-22(29,23(25,26)27)13-15-10-11-28-19-7-5-4-6-17(15)19;1-20(2,17-8-7-15(23)11-19(17)28)13-21(29,22(24,25)26)12-14-9-10-27-18-6-4-3-5-16(14)18/h4-12,29H,13-14H2,1-3H3;3-11,28-29H,12-13H2,1-2H3. The van der Waals surface area contributed by atoms with Gasteiger partial charge in [0.05, 0.1) is 18.1 Å². The van der Waals surface area contributed by atoms with E-state index in [0.717, 1.165) is 18.2 Å². The van der Waals surface area contributed by atoms with Gasteiger partial charge >= 0.3 is 12.4 Å². The lowest BCUT2D eigenvalue weighted by molar-refractivity contribution is -0.266. The minimum Gasteiger partial charge on any atom is -0.508 e. The molecule has 0 aliphatic carbocycles. The SMILES string of the molecule is CC(C)(CC(O)(Cc1ccnc2ccccc12)C(F)(F)F)c1ccc(F)cc1O.COc1cc(F)ccc1C(C)(C)CC(O)(Cc1ccnc2ccccc12)C(F)(F)F. The van der Waals surface area contributed by atoms with Gasteiger partial charge < -0.3 is 20.1 Å². The van der Waals surface area contributed by atoms with Gasteiger partial charge in [-0.2, -0.15) is 26.3 Å². The van der Waals surface area contributed by atoms with E-state index >= 15 is 0 Å². The van der Waals surface area contributed by atoms with Crippen LogP contribution in [0.4, 0.5) is 35.1 Å². The second-order valence-corrected chi connectivity index (χ2v) is 16.0. The second kappa shape index (κ2) is 16.7. The molecule has 0 bridgehead atoms. The number of halogens is 8. The molecule has 0 aliphatic rings. The van der Waals surface area contributed by atoms with Crippen LogP contribution in [0.25, 0.3) is 21.8 Å². The number of phenols is 1. The Kier molecular flexibility index (Phi) is 12.7. The average Bonchev–Trinajstić information content (AvgIpc) is 3.13. The lowest BCUT2D eigenvalue weighted by atomic mass is 9.72. The normalized spacial score (nSPS) is 14.6. The highest BCUT2D eigenvalue weighted by Crippen LogP contribution is 2.47. The number of benzene rings is 4. The molecule has 2 atom stereocenters. The van der Waals surface area contributed by atoms with Crippen LogP contribution in [0.1, 0.15) is 62.8 Å². The van der Waals surface area contributed by atoms with Crippen molar-refractivity contribution in [3.8, 4) is 11.5 Å². The van der Waals surface area contributed by atoms with Gasteiger partial charge in [0.15, 0.2) is 11.2 Å². The Morgan fingerprint density at radius 3 is 1.39 bits per heavy atom. The summed E-state index contributed by atoms with van der Waals surface area (Å²) >= 11 is 0. The molecule has 0 saturated heterocycles. The molecule has 2 heterocycles. The van der Waals surface area contributed by atoms with Crippen LogP contribution >= 0.6 is 0 Å². The number of rotatable bonds is 11. The van der Waals surface area contributed by atoms with Gasteiger partial charge in [-0.05, 0) is 76.8 Å². The number of aliphatic hydroxyl groups is 2. The predicted octanol–water partition coefficient (Wildman–Crippen LogP) is 10.9. The Balaban J connectivity index is 0.000000224. The van der Waals surface area contributed by atoms with Crippen molar-refractivity contribution in [1.29, 1.82) is 0 Å². The fraction of sp³-hybridized carbons (Fsp3) is 0.333. The van der Waals surface area contributed by atoms with E-state index in [0.29, 0.717) is 38.5 Å². The minimum absolute atomic E-state index is 0.126. The van der Waals surface area contributed by atoms with Gasteiger partial charge in [0.2, 0.25) is 0 Å². The summed E-state index contributed by atoms with van der Waals surface area (Å²) in [5.74, 6) is -1.56. The number of ether oxygens (including phenoxy) is 1. The van der Waals surface area contributed by atoms with Gasteiger partial charge in [-0.1, -0.05) is 76.2 Å². The van der Waals surface area contributed by atoms with E-state index in [1.807, 2.05) is 0 Å². The van der Waals surface area contributed by atoms with Crippen LogP contribution in [0.2, 0.25) is 0 Å². The van der Waals surface area contributed by atoms with Crippen LogP contribution in [0, 0.1) is 11.6 Å². The number of methoxy groups -OCH3 is 1. The molecule has 0 aliphatic heterocycles. The highest BCUT2D eigenvalue weighted by molar-refractivity contribution is 5.82. The maximum atomic E-state index is 14.1. The van der Waals surface area contributed by atoms with Gasteiger partial charge in [0, 0.05) is 53.7 Å². The summed E-state index contributed by atoms with van der Waals surface area (Å²) in [4.78, 5) is 8.32. The Bertz CT molecular complexity index is 2410. The molecule has 6 aromatic rings. The molecule has 6 rings (SSSR count). The highest BCUT2D eigenvalue weighted by Gasteiger charge is 2.57. The topological polar surface area (TPSA) is 95.7 Å². The monoisotopic (exact) mass is 828 g/mol. The summed E-state index contributed by atoms with van der Waals surface area (Å²) in [5, 5.41) is 32.8. The zero-order valence-corrected chi connectivity index (χ0v) is 32.9. The van der Waals surface area contributed by atoms with Crippen molar-refractivity contribution in [1.82, 2.24) is 9.97 Å². The Hall–Kier alpha value is -5.34. The molecule has 6 nitrogen and oxygen atoms in total. The number of fused-ring (bicyclic) bond motifs is 2. The number of para-hydroxylation sites is 2. The third-order valence-electron chi connectivity index (χ3n) is 10.6. The maximum Gasteiger partial charge on any atom is 0.417 e. The van der Waals surface area contributed by atoms with Crippen molar-refractivity contribution < 1.29 is 55.2 Å². The van der Waals surface area contributed by atoms with Crippen molar-refractivity contribution in [2.45, 2.75) is 87.8 Å². The van der Waals surface area contributed by atoms with E-state index in [-0.39, 0.29) is 11.3 Å². The molecule has 14 heteroatoms. The number of aromatic hydroxyl groups is 1. The Labute approximate surface area is 336 Å². The van der Waals surface area contributed by atoms with Gasteiger partial charge in [0.1, 0.15) is 23.1 Å². The number of aromatic nitrogens is 2. The smallest absolute Gasteiger partial charge is 0.417 e. The summed E-state index contributed by atoms with van der Waals surface area (Å²) in [6.45, 7) is 6.09. The van der Waals surface area contributed by atoms with E-state index < -0.39 is 77.5 Å². The molecular formula is C45H44F8N2O4. The quantitative estimate of drug-likeness (QED) is 0.113. The number of hydrogen-bond donors (Lipinski definition) is 3. The van der Waals surface area contributed by atoms with E-state index in [1.54, 1.807) is 62.4 Å². The van der Waals surface area contributed by atoms with E-state index in [2.05, 4.69) is 9.97 Å². The molecule has 3 N–H and O–H groups in total. The lowest BCUT2D eigenvalue weighted by Crippen LogP contribution is -2.50. The first-order valence-electron chi connectivity index (χ1n) is 18.5. The highest BCUT2D eigenvalue weighted by atomic mass is 19.4. The molecule has 0 fully saturated rings. The molecule has 2 aromatic heterocycles. The van der Waals surface area contributed by atoms with Crippen molar-refractivity contribution in [3.63, 3.8) is 0 Å². The van der Waals surface area contributed by atoms with E-state index in [4.69, 9.17) is 4.74 Å². The number of pyridine rings is 2. The molecule has 0 saturated carbocycles. The van der Waals surface area contributed by atoms with Gasteiger partial charge in [-0.15, -0.1) is 0 Å². The molecule has 4 aromatic carbocycles. The summed E-state index contributed by atoms with van der Waals surface area (Å²) in [7, 11) is 1.33. The molecule has 314 valence electrons. The summed E-state index contributed by atoms with van der Waals surface area (Å²) in [5.41, 5.74) is -6.27. The fourth-order valence-electron chi connectivity index (χ4n) is 7.73. The van der Waals surface area contributed by atoms with E-state index in [9.17, 15) is 50.4 Å². The fourth-order valence-corrected chi connectivity index (χ4v) is 7.73. The van der Waals surface area contributed by atoms with Gasteiger partial charge in [-0.25, -0.2) is 8.78 Å². The van der Waals surface area contributed by atoms with Crippen LogP contribution in [0.3, 0.4) is 0 Å². The number of hydrogen-bond acceptors (Lipinski definition) is 6. The number of alkyl halides is 6. The summed E-state index contributed by atoms with van der Waals surface area (Å²) in [6.07, 6.45) is -9.64. The van der Waals surface area contributed by atoms with Crippen molar-refractivity contribution in [2.24, 2.45) is 0 Å². The van der Waals surface area contributed by atoms with Crippen LogP contribution in [0.15, 0.2) is 109 Å². The summed E-state index contributed by atoms with van der Waals surface area (Å²) in [6, 6.07) is 23.4. The zero-order valence-electron chi connectivity index (χ0n) is 32.9. The first-order chi connectivity index (χ1) is 27.4. The maximum absolute atomic E-state index is 14.1. The third-order valence-corrected chi connectivity index (χ3v) is 10.6. The molecule has 0 amide bonds. The van der Waals surface area contributed by atoms with E-state index in [1.165, 1.54) is 63.7 Å². The molecule has 0 spiro atoms. The average molecular weight is 829 g/mol. The largest absolute Gasteiger partial charge is 0.508 e. The second-order valence-electron chi connectivity index (χ2n) is 16.0. The van der Waals surface area contributed by atoms with Gasteiger partial charge in [-0.3, -0.25) is 9.97 Å². The number of nitrogens with zero attached hydrogens (tertiary/aromatic N) is 2. The lowest BCUT2D eigenvalue weighted by Gasteiger charge is -2.38. The Morgan fingerprint density at radius 2 is 0.966 bits per heavy atom. The van der Waals surface area contributed by atoms with Crippen LogP contribution in [0.5, 0.6) is 11.5 Å². The minimum atomic E-state index is -4.93. The van der Waals surface area contributed by atoms with Gasteiger partial charge in [0.25, 0.3) is 0 Å². The first kappa shape index (κ1) is 44.8. The van der Waals surface area contributed by atoms with Crippen molar-refractivity contribution in [2.75, 3.05) is 7.11 Å². The molecular weight excluding hydrogens is 784 g/mol. The Morgan fingerprint density at radius 1 is 0.559 bits per heavy atom. The van der Waals surface area contributed by atoms with Crippen LogP contribution in [-0.4, -0.2) is 56.0 Å². The first-order valence-corrected chi connectivity index (χ1v) is 18.5. The molecule has 0 radical (unpaired) electrons. The van der Waals surface area contributed by atoms with Crippen molar-refractivity contribution in [3.05, 3.63) is 143 Å². The summed E-state index contributed by atoms with van der Waals surface area (Å²) < 4.78 is 116. The van der Waals surface area contributed by atoms with Crippen molar-refractivity contribution >= 4 is 21.8 Å². The molecule has 59 heavy (non-hydrogen) atoms.